The lowest BCUT2D eigenvalue weighted by atomic mass is 10.1. The van der Waals surface area contributed by atoms with Gasteiger partial charge in [-0.1, -0.05) is 42.5 Å². The van der Waals surface area contributed by atoms with Gasteiger partial charge in [0.05, 0.1) is 7.11 Å². The largest absolute Gasteiger partial charge is 0.497 e. The lowest BCUT2D eigenvalue weighted by molar-refractivity contribution is -0.139. The first kappa shape index (κ1) is 16.5. The second-order valence-corrected chi connectivity index (χ2v) is 5.03. The summed E-state index contributed by atoms with van der Waals surface area (Å²) < 4.78 is 5.14. The van der Waals surface area contributed by atoms with Crippen molar-refractivity contribution in [3.05, 3.63) is 65.7 Å². The summed E-state index contributed by atoms with van der Waals surface area (Å²) in [5, 5.41) is 5.21. The van der Waals surface area contributed by atoms with Gasteiger partial charge < -0.3 is 15.4 Å². The Morgan fingerprint density at radius 3 is 2.35 bits per heavy atom. The number of rotatable bonds is 6. The molecule has 0 aliphatic heterocycles. The van der Waals surface area contributed by atoms with E-state index >= 15 is 0 Å². The van der Waals surface area contributed by atoms with Crippen LogP contribution in [0.4, 0.5) is 0 Å². The van der Waals surface area contributed by atoms with E-state index in [4.69, 9.17) is 4.74 Å². The van der Waals surface area contributed by atoms with E-state index < -0.39 is 11.8 Å². The fourth-order valence-corrected chi connectivity index (χ4v) is 2.09. The van der Waals surface area contributed by atoms with E-state index in [0.717, 1.165) is 16.9 Å². The third kappa shape index (κ3) is 5.47. The Morgan fingerprint density at radius 1 is 0.913 bits per heavy atom. The van der Waals surface area contributed by atoms with Gasteiger partial charge in [0.2, 0.25) is 0 Å². The predicted molar refractivity (Wildman–Crippen MR) is 88.0 cm³/mol. The molecule has 23 heavy (non-hydrogen) atoms. The van der Waals surface area contributed by atoms with Crippen LogP contribution < -0.4 is 15.4 Å². The monoisotopic (exact) mass is 312 g/mol. The third-order valence-electron chi connectivity index (χ3n) is 3.34. The molecule has 0 unspecified atom stereocenters. The summed E-state index contributed by atoms with van der Waals surface area (Å²) in [5.41, 5.74) is 1.99. The molecule has 120 valence electrons. The topological polar surface area (TPSA) is 67.4 Å². The van der Waals surface area contributed by atoms with Crippen molar-refractivity contribution >= 4 is 11.8 Å². The van der Waals surface area contributed by atoms with Crippen molar-refractivity contribution in [1.82, 2.24) is 10.6 Å². The first-order chi connectivity index (χ1) is 11.2. The van der Waals surface area contributed by atoms with E-state index in [1.165, 1.54) is 0 Å². The molecular formula is C18H20N2O3. The highest BCUT2D eigenvalue weighted by Crippen LogP contribution is 2.12. The molecule has 0 radical (unpaired) electrons. The molecule has 0 fully saturated rings. The highest BCUT2D eigenvalue weighted by atomic mass is 16.5. The van der Waals surface area contributed by atoms with E-state index in [2.05, 4.69) is 10.6 Å². The van der Waals surface area contributed by atoms with E-state index in [1.807, 2.05) is 54.6 Å². The van der Waals surface area contributed by atoms with Gasteiger partial charge in [-0.3, -0.25) is 9.59 Å². The summed E-state index contributed by atoms with van der Waals surface area (Å²) in [6.45, 7) is 0.730. The van der Waals surface area contributed by atoms with Gasteiger partial charge in [-0.25, -0.2) is 0 Å². The van der Waals surface area contributed by atoms with Gasteiger partial charge in [-0.05, 0) is 29.7 Å². The van der Waals surface area contributed by atoms with E-state index in [-0.39, 0.29) is 0 Å². The van der Waals surface area contributed by atoms with E-state index in [1.54, 1.807) is 7.11 Å². The van der Waals surface area contributed by atoms with Crippen LogP contribution in [0, 0.1) is 0 Å². The summed E-state index contributed by atoms with van der Waals surface area (Å²) in [6.07, 6.45) is 0.634. The Hall–Kier alpha value is -2.82. The molecule has 0 bridgehead atoms. The Bertz CT molecular complexity index is 656. The Labute approximate surface area is 135 Å². The van der Waals surface area contributed by atoms with Gasteiger partial charge >= 0.3 is 11.8 Å². The average molecular weight is 312 g/mol. The van der Waals surface area contributed by atoms with Gasteiger partial charge in [0.25, 0.3) is 0 Å². The van der Waals surface area contributed by atoms with Crippen LogP contribution in [0.5, 0.6) is 5.75 Å². The molecule has 0 spiro atoms. The van der Waals surface area contributed by atoms with Gasteiger partial charge in [-0.15, -0.1) is 0 Å². The Morgan fingerprint density at radius 2 is 1.61 bits per heavy atom. The van der Waals surface area contributed by atoms with Crippen molar-refractivity contribution in [2.24, 2.45) is 0 Å². The summed E-state index contributed by atoms with van der Waals surface area (Å²) in [7, 11) is 1.61. The fraction of sp³-hybridized carbons (Fsp3) is 0.222. The molecular weight excluding hydrogens is 292 g/mol. The zero-order valence-corrected chi connectivity index (χ0v) is 13.0. The number of amides is 2. The molecule has 0 aliphatic carbocycles. The smallest absolute Gasteiger partial charge is 0.309 e. The predicted octanol–water partition coefficient (Wildman–Crippen LogP) is 1.67. The van der Waals surface area contributed by atoms with Crippen molar-refractivity contribution in [2.45, 2.75) is 13.0 Å². The third-order valence-corrected chi connectivity index (χ3v) is 3.34. The molecule has 0 heterocycles. The summed E-state index contributed by atoms with van der Waals surface area (Å²) >= 11 is 0. The number of hydrogen-bond acceptors (Lipinski definition) is 3. The number of ether oxygens (including phenoxy) is 1. The molecule has 2 aromatic carbocycles. The number of methoxy groups -OCH3 is 1. The Balaban J connectivity index is 1.72. The summed E-state index contributed by atoms with van der Waals surface area (Å²) in [6, 6.07) is 17.1. The minimum absolute atomic E-state index is 0.336. The molecule has 2 N–H and O–H groups in total. The van der Waals surface area contributed by atoms with Crippen LogP contribution in [-0.4, -0.2) is 25.5 Å². The minimum Gasteiger partial charge on any atom is -0.497 e. The molecule has 0 saturated carbocycles. The van der Waals surface area contributed by atoms with Crippen LogP contribution in [0.2, 0.25) is 0 Å². The molecule has 0 atom stereocenters. The summed E-state index contributed by atoms with van der Waals surface area (Å²) in [5.74, 6) is -0.474. The second-order valence-electron chi connectivity index (χ2n) is 5.03. The van der Waals surface area contributed by atoms with Crippen molar-refractivity contribution in [1.29, 1.82) is 0 Å². The van der Waals surface area contributed by atoms with E-state index in [9.17, 15) is 9.59 Å². The number of carbonyl (C=O) groups is 2. The van der Waals surface area contributed by atoms with Gasteiger partial charge in [0, 0.05) is 13.1 Å². The fourth-order valence-electron chi connectivity index (χ4n) is 2.09. The van der Waals surface area contributed by atoms with Crippen molar-refractivity contribution in [3.8, 4) is 5.75 Å². The molecule has 5 heteroatoms. The van der Waals surface area contributed by atoms with Crippen LogP contribution in [0.3, 0.4) is 0 Å². The normalized spacial score (nSPS) is 9.96. The van der Waals surface area contributed by atoms with Crippen molar-refractivity contribution in [3.63, 3.8) is 0 Å². The van der Waals surface area contributed by atoms with Crippen molar-refractivity contribution < 1.29 is 14.3 Å². The quantitative estimate of drug-likeness (QED) is 0.797. The standard InChI is InChI=1S/C18H20N2O3/c1-23-16-9-5-8-14(12-16)10-11-19-17(21)18(22)20-13-15-6-3-2-4-7-15/h2-9,12H,10-11,13H2,1H3,(H,19,21)(H,20,22). The molecule has 0 aliphatic rings. The number of carbonyl (C=O) groups excluding carboxylic acids is 2. The molecule has 0 saturated heterocycles. The maximum absolute atomic E-state index is 11.7. The maximum Gasteiger partial charge on any atom is 0.309 e. The SMILES string of the molecule is COc1cccc(CCNC(=O)C(=O)NCc2ccccc2)c1. The second kappa shape index (κ2) is 8.58. The number of benzene rings is 2. The molecule has 5 nitrogen and oxygen atoms in total. The highest BCUT2D eigenvalue weighted by molar-refractivity contribution is 6.35. The molecule has 2 rings (SSSR count). The van der Waals surface area contributed by atoms with Gasteiger partial charge in [-0.2, -0.15) is 0 Å². The first-order valence-electron chi connectivity index (χ1n) is 7.42. The van der Waals surface area contributed by atoms with Crippen LogP contribution in [-0.2, 0) is 22.6 Å². The number of nitrogens with one attached hydrogen (secondary N) is 2. The van der Waals surface area contributed by atoms with Crippen LogP contribution >= 0.6 is 0 Å². The lowest BCUT2D eigenvalue weighted by Gasteiger charge is -2.07. The van der Waals surface area contributed by atoms with Gasteiger partial charge in [0.1, 0.15) is 5.75 Å². The Kier molecular flexibility index (Phi) is 6.17. The zero-order valence-electron chi connectivity index (χ0n) is 13.0. The molecule has 0 aromatic heterocycles. The molecule has 2 aromatic rings. The van der Waals surface area contributed by atoms with E-state index in [0.29, 0.717) is 19.5 Å². The first-order valence-corrected chi connectivity index (χ1v) is 7.42. The number of hydrogen-bond donors (Lipinski definition) is 2. The highest BCUT2D eigenvalue weighted by Gasteiger charge is 2.12. The van der Waals surface area contributed by atoms with Crippen LogP contribution in [0.25, 0.3) is 0 Å². The average Bonchev–Trinajstić information content (AvgIpc) is 2.60. The lowest BCUT2D eigenvalue weighted by Crippen LogP contribution is -2.40. The van der Waals surface area contributed by atoms with Crippen LogP contribution in [0.1, 0.15) is 11.1 Å². The summed E-state index contributed by atoms with van der Waals surface area (Å²) in [4.78, 5) is 23.4. The van der Waals surface area contributed by atoms with Crippen molar-refractivity contribution in [2.75, 3.05) is 13.7 Å². The van der Waals surface area contributed by atoms with Crippen LogP contribution in [0.15, 0.2) is 54.6 Å². The van der Waals surface area contributed by atoms with Gasteiger partial charge in [0.15, 0.2) is 0 Å². The zero-order chi connectivity index (χ0) is 16.5. The molecule has 2 amide bonds. The minimum atomic E-state index is -0.625. The maximum atomic E-state index is 11.7.